The standard InChI is InChI=1S/C17H17N3S/c1-11-6-8-13(9-7-11)16-12(2)21-17(20-16)19-15-5-3-4-14(18)10-15/h3-10H,18H2,1-2H3,(H,19,20). The quantitative estimate of drug-likeness (QED) is 0.685. The molecule has 4 heteroatoms. The monoisotopic (exact) mass is 295 g/mol. The average molecular weight is 295 g/mol. The zero-order chi connectivity index (χ0) is 14.8. The number of nitrogen functional groups attached to an aromatic ring is 1. The first-order chi connectivity index (χ1) is 10.1. The molecule has 0 amide bonds. The van der Waals surface area contributed by atoms with Crippen molar-refractivity contribution in [1.29, 1.82) is 0 Å². The molecule has 1 heterocycles. The highest BCUT2D eigenvalue weighted by atomic mass is 32.1. The predicted octanol–water partition coefficient (Wildman–Crippen LogP) is 4.75. The van der Waals surface area contributed by atoms with Crippen LogP contribution < -0.4 is 11.1 Å². The van der Waals surface area contributed by atoms with Gasteiger partial charge in [-0.1, -0.05) is 35.9 Å². The zero-order valence-electron chi connectivity index (χ0n) is 12.1. The SMILES string of the molecule is Cc1ccc(-c2nc(Nc3cccc(N)c3)sc2C)cc1. The number of nitrogens with one attached hydrogen (secondary N) is 1. The Morgan fingerprint density at radius 1 is 1.05 bits per heavy atom. The number of thiazole rings is 1. The fourth-order valence-electron chi connectivity index (χ4n) is 2.17. The minimum atomic E-state index is 0.743. The van der Waals surface area contributed by atoms with Crippen molar-refractivity contribution in [3.05, 3.63) is 59.0 Å². The lowest BCUT2D eigenvalue weighted by Gasteiger charge is -2.03. The van der Waals surface area contributed by atoms with Gasteiger partial charge in [0, 0.05) is 21.8 Å². The van der Waals surface area contributed by atoms with E-state index in [0.717, 1.165) is 27.8 Å². The molecule has 3 nitrogen and oxygen atoms in total. The summed E-state index contributed by atoms with van der Waals surface area (Å²) < 4.78 is 0. The molecule has 0 aliphatic carbocycles. The number of benzene rings is 2. The summed E-state index contributed by atoms with van der Waals surface area (Å²) in [4.78, 5) is 5.90. The molecular weight excluding hydrogens is 278 g/mol. The first-order valence-corrected chi connectivity index (χ1v) is 7.60. The summed E-state index contributed by atoms with van der Waals surface area (Å²) in [5.74, 6) is 0. The van der Waals surface area contributed by atoms with E-state index in [1.165, 1.54) is 10.4 Å². The van der Waals surface area contributed by atoms with Crippen LogP contribution >= 0.6 is 11.3 Å². The summed E-state index contributed by atoms with van der Waals surface area (Å²) in [7, 11) is 0. The van der Waals surface area contributed by atoms with Crippen LogP contribution in [0.1, 0.15) is 10.4 Å². The average Bonchev–Trinajstić information content (AvgIpc) is 2.80. The van der Waals surface area contributed by atoms with Gasteiger partial charge in [-0.15, -0.1) is 11.3 Å². The Balaban J connectivity index is 1.89. The molecule has 0 aliphatic rings. The number of nitrogens with two attached hydrogens (primary N) is 1. The Morgan fingerprint density at radius 2 is 1.81 bits per heavy atom. The number of nitrogens with zero attached hydrogens (tertiary/aromatic N) is 1. The zero-order valence-corrected chi connectivity index (χ0v) is 12.9. The molecule has 3 rings (SSSR count). The first-order valence-electron chi connectivity index (χ1n) is 6.79. The van der Waals surface area contributed by atoms with Gasteiger partial charge in [0.05, 0.1) is 5.69 Å². The highest BCUT2D eigenvalue weighted by Crippen LogP contribution is 2.32. The van der Waals surface area contributed by atoms with Crippen LogP contribution in [0, 0.1) is 13.8 Å². The van der Waals surface area contributed by atoms with Gasteiger partial charge in [0.1, 0.15) is 0 Å². The molecule has 106 valence electrons. The minimum absolute atomic E-state index is 0.743. The fourth-order valence-corrected chi connectivity index (χ4v) is 3.03. The molecule has 0 aliphatic heterocycles. The van der Waals surface area contributed by atoms with Crippen LogP contribution in [0.3, 0.4) is 0 Å². The van der Waals surface area contributed by atoms with E-state index in [9.17, 15) is 0 Å². The molecule has 0 saturated carbocycles. The normalized spacial score (nSPS) is 10.6. The Morgan fingerprint density at radius 3 is 2.52 bits per heavy atom. The van der Waals surface area contributed by atoms with Crippen LogP contribution in [0.5, 0.6) is 0 Å². The van der Waals surface area contributed by atoms with Gasteiger partial charge >= 0.3 is 0 Å². The van der Waals surface area contributed by atoms with E-state index in [1.54, 1.807) is 11.3 Å². The van der Waals surface area contributed by atoms with Crippen LogP contribution in [0.2, 0.25) is 0 Å². The third-order valence-electron chi connectivity index (χ3n) is 3.26. The van der Waals surface area contributed by atoms with Gasteiger partial charge in [-0.3, -0.25) is 0 Å². The Labute approximate surface area is 128 Å². The van der Waals surface area contributed by atoms with Crippen molar-refractivity contribution < 1.29 is 0 Å². The third-order valence-corrected chi connectivity index (χ3v) is 4.15. The van der Waals surface area contributed by atoms with E-state index in [2.05, 4.69) is 43.4 Å². The predicted molar refractivity (Wildman–Crippen MR) is 91.2 cm³/mol. The minimum Gasteiger partial charge on any atom is -0.399 e. The lowest BCUT2D eigenvalue weighted by Crippen LogP contribution is -1.91. The molecule has 0 atom stereocenters. The van der Waals surface area contributed by atoms with Crippen LogP contribution in [0.25, 0.3) is 11.3 Å². The smallest absolute Gasteiger partial charge is 0.187 e. The van der Waals surface area contributed by atoms with Gasteiger partial charge in [0.15, 0.2) is 5.13 Å². The summed E-state index contributed by atoms with van der Waals surface area (Å²) in [6.07, 6.45) is 0. The van der Waals surface area contributed by atoms with Gasteiger partial charge < -0.3 is 11.1 Å². The van der Waals surface area contributed by atoms with Crippen LogP contribution in [-0.4, -0.2) is 4.98 Å². The maximum atomic E-state index is 5.80. The second-order valence-electron chi connectivity index (χ2n) is 5.04. The van der Waals surface area contributed by atoms with Crippen molar-refractivity contribution in [3.8, 4) is 11.3 Å². The molecule has 0 radical (unpaired) electrons. The number of anilines is 3. The number of aromatic nitrogens is 1. The number of aryl methyl sites for hydroxylation is 2. The molecule has 0 spiro atoms. The molecule has 21 heavy (non-hydrogen) atoms. The number of hydrogen-bond acceptors (Lipinski definition) is 4. The van der Waals surface area contributed by atoms with Crippen molar-refractivity contribution in [2.75, 3.05) is 11.1 Å². The molecule has 3 N–H and O–H groups in total. The summed E-state index contributed by atoms with van der Waals surface area (Å²) in [6, 6.07) is 16.1. The summed E-state index contributed by atoms with van der Waals surface area (Å²) in [6.45, 7) is 4.18. The number of rotatable bonds is 3. The van der Waals surface area contributed by atoms with E-state index >= 15 is 0 Å². The summed E-state index contributed by atoms with van der Waals surface area (Å²) in [5.41, 5.74) is 10.9. The Kier molecular flexibility index (Phi) is 3.62. The molecule has 3 aromatic rings. The van der Waals surface area contributed by atoms with Gasteiger partial charge in [0.25, 0.3) is 0 Å². The van der Waals surface area contributed by atoms with E-state index in [1.807, 2.05) is 24.3 Å². The van der Waals surface area contributed by atoms with E-state index in [0.29, 0.717) is 0 Å². The first kappa shape index (κ1) is 13.6. The van der Waals surface area contributed by atoms with Crippen molar-refractivity contribution in [2.45, 2.75) is 13.8 Å². The highest BCUT2D eigenvalue weighted by molar-refractivity contribution is 7.16. The largest absolute Gasteiger partial charge is 0.399 e. The number of hydrogen-bond donors (Lipinski definition) is 2. The second kappa shape index (κ2) is 5.58. The summed E-state index contributed by atoms with van der Waals surface area (Å²) in [5, 5.41) is 4.20. The maximum absolute atomic E-state index is 5.80. The van der Waals surface area contributed by atoms with Crippen molar-refractivity contribution in [1.82, 2.24) is 4.98 Å². The van der Waals surface area contributed by atoms with E-state index in [-0.39, 0.29) is 0 Å². The molecule has 0 bridgehead atoms. The Hall–Kier alpha value is -2.33. The van der Waals surface area contributed by atoms with Crippen molar-refractivity contribution >= 4 is 27.8 Å². The topological polar surface area (TPSA) is 50.9 Å². The van der Waals surface area contributed by atoms with Gasteiger partial charge in [-0.05, 0) is 32.0 Å². The van der Waals surface area contributed by atoms with Crippen molar-refractivity contribution in [3.63, 3.8) is 0 Å². The van der Waals surface area contributed by atoms with Crippen LogP contribution in [-0.2, 0) is 0 Å². The Bertz CT molecular complexity index is 760. The lowest BCUT2D eigenvalue weighted by molar-refractivity contribution is 1.35. The maximum Gasteiger partial charge on any atom is 0.187 e. The van der Waals surface area contributed by atoms with E-state index < -0.39 is 0 Å². The highest BCUT2D eigenvalue weighted by Gasteiger charge is 2.10. The summed E-state index contributed by atoms with van der Waals surface area (Å²) >= 11 is 1.65. The molecule has 1 aromatic heterocycles. The lowest BCUT2D eigenvalue weighted by atomic mass is 10.1. The van der Waals surface area contributed by atoms with Gasteiger partial charge in [-0.25, -0.2) is 4.98 Å². The third kappa shape index (κ3) is 3.06. The van der Waals surface area contributed by atoms with Crippen molar-refractivity contribution in [2.24, 2.45) is 0 Å². The van der Waals surface area contributed by atoms with E-state index in [4.69, 9.17) is 10.7 Å². The van der Waals surface area contributed by atoms with Crippen LogP contribution in [0.4, 0.5) is 16.5 Å². The molecule has 0 fully saturated rings. The second-order valence-corrected chi connectivity index (χ2v) is 6.24. The molecule has 2 aromatic carbocycles. The molecular formula is C17H17N3S. The van der Waals surface area contributed by atoms with Crippen LogP contribution in [0.15, 0.2) is 48.5 Å². The van der Waals surface area contributed by atoms with Gasteiger partial charge in [-0.2, -0.15) is 0 Å². The molecule has 0 unspecified atom stereocenters. The fraction of sp³-hybridized carbons (Fsp3) is 0.118. The van der Waals surface area contributed by atoms with Gasteiger partial charge in [0.2, 0.25) is 0 Å². The molecule has 0 saturated heterocycles.